The van der Waals surface area contributed by atoms with E-state index in [9.17, 15) is 5.11 Å². The normalized spacial score (nSPS) is 14.5. The molecule has 25 heavy (non-hydrogen) atoms. The molecular formula is C19H23N3O2S. The predicted molar refractivity (Wildman–Crippen MR) is 103 cm³/mol. The third-order valence-electron chi connectivity index (χ3n) is 4.10. The second-order valence-corrected chi connectivity index (χ2v) is 7.13. The first-order chi connectivity index (χ1) is 12.0. The van der Waals surface area contributed by atoms with Crippen LogP contribution in [0, 0.1) is 6.92 Å². The Labute approximate surface area is 151 Å². The second kappa shape index (κ2) is 7.29. The number of furan rings is 1. The fourth-order valence-electron chi connectivity index (χ4n) is 2.64. The number of aliphatic hydroxyl groups is 1. The van der Waals surface area contributed by atoms with Crippen LogP contribution in [0.1, 0.15) is 24.0 Å². The van der Waals surface area contributed by atoms with Crippen LogP contribution in [0.5, 0.6) is 0 Å². The quantitative estimate of drug-likeness (QED) is 0.484. The van der Waals surface area contributed by atoms with Crippen molar-refractivity contribution in [3.8, 4) is 0 Å². The number of rotatable bonds is 5. The summed E-state index contributed by atoms with van der Waals surface area (Å²) in [5.41, 5.74) is 0.123. The average molecular weight is 357 g/mol. The summed E-state index contributed by atoms with van der Waals surface area (Å²) >= 11 is 1.74. The molecule has 1 aromatic carbocycles. The Morgan fingerprint density at radius 2 is 2.04 bits per heavy atom. The minimum absolute atomic E-state index is 0.296. The smallest absolute Gasteiger partial charge is 0.191 e. The molecule has 2 aromatic heterocycles. The van der Waals surface area contributed by atoms with Crippen LogP contribution in [-0.2, 0) is 12.1 Å². The van der Waals surface area contributed by atoms with E-state index in [1.807, 2.05) is 19.1 Å². The number of nitrogens with one attached hydrogen (secondary N) is 2. The Balaban J connectivity index is 1.60. The van der Waals surface area contributed by atoms with Gasteiger partial charge in [-0.2, -0.15) is 0 Å². The van der Waals surface area contributed by atoms with Crippen LogP contribution in [0.3, 0.4) is 0 Å². The lowest BCUT2D eigenvalue weighted by Crippen LogP contribution is -2.44. The van der Waals surface area contributed by atoms with Crippen molar-refractivity contribution in [3.63, 3.8) is 0 Å². The van der Waals surface area contributed by atoms with E-state index in [1.54, 1.807) is 31.4 Å². The molecule has 6 heteroatoms. The monoisotopic (exact) mass is 357 g/mol. The summed E-state index contributed by atoms with van der Waals surface area (Å²) in [5, 5.41) is 20.5. The van der Waals surface area contributed by atoms with Gasteiger partial charge in [-0.05, 0) is 48.4 Å². The summed E-state index contributed by atoms with van der Waals surface area (Å²) in [6.07, 6.45) is 0. The van der Waals surface area contributed by atoms with Gasteiger partial charge in [-0.1, -0.05) is 18.2 Å². The molecule has 0 fully saturated rings. The Morgan fingerprint density at radius 3 is 2.76 bits per heavy atom. The number of aryl methyl sites for hydroxylation is 1. The Morgan fingerprint density at radius 1 is 1.24 bits per heavy atom. The van der Waals surface area contributed by atoms with Crippen molar-refractivity contribution in [2.75, 3.05) is 13.6 Å². The predicted octanol–water partition coefficient (Wildman–Crippen LogP) is 3.38. The van der Waals surface area contributed by atoms with Gasteiger partial charge in [-0.3, -0.25) is 4.99 Å². The molecule has 0 saturated carbocycles. The van der Waals surface area contributed by atoms with Gasteiger partial charge < -0.3 is 20.2 Å². The van der Waals surface area contributed by atoms with Gasteiger partial charge in [0.1, 0.15) is 17.1 Å². The number of aliphatic imine (C=N–C) groups is 1. The molecule has 3 rings (SSSR count). The minimum Gasteiger partial charge on any atom is -0.463 e. The number of thiophene rings is 1. The summed E-state index contributed by atoms with van der Waals surface area (Å²) in [7, 11) is 1.72. The molecule has 3 aromatic rings. The fourth-order valence-corrected chi connectivity index (χ4v) is 3.60. The number of nitrogens with zero attached hydrogens (tertiary/aromatic N) is 1. The van der Waals surface area contributed by atoms with E-state index in [1.165, 1.54) is 15.6 Å². The molecule has 0 saturated heterocycles. The van der Waals surface area contributed by atoms with Gasteiger partial charge in [-0.15, -0.1) is 11.3 Å². The van der Waals surface area contributed by atoms with Crippen molar-refractivity contribution < 1.29 is 9.52 Å². The van der Waals surface area contributed by atoms with Gasteiger partial charge in [0.2, 0.25) is 0 Å². The SMILES string of the molecule is CN=C(NCc1csc2ccccc12)NCC(C)(O)c1ccc(C)o1. The fraction of sp³-hybridized carbons (Fsp3) is 0.316. The lowest BCUT2D eigenvalue weighted by Gasteiger charge is -2.22. The zero-order chi connectivity index (χ0) is 17.9. The zero-order valence-electron chi connectivity index (χ0n) is 14.7. The van der Waals surface area contributed by atoms with Gasteiger partial charge >= 0.3 is 0 Å². The number of hydrogen-bond donors (Lipinski definition) is 3. The summed E-state index contributed by atoms with van der Waals surface area (Å²) in [6.45, 7) is 4.55. The summed E-state index contributed by atoms with van der Waals surface area (Å²) in [4.78, 5) is 4.23. The molecule has 5 nitrogen and oxygen atoms in total. The maximum Gasteiger partial charge on any atom is 0.191 e. The molecule has 132 valence electrons. The van der Waals surface area contributed by atoms with Gasteiger partial charge in [-0.25, -0.2) is 0 Å². The molecule has 1 unspecified atom stereocenters. The number of fused-ring (bicyclic) bond motifs is 1. The molecule has 3 N–H and O–H groups in total. The van der Waals surface area contributed by atoms with Crippen LogP contribution in [0.2, 0.25) is 0 Å². The van der Waals surface area contributed by atoms with E-state index in [4.69, 9.17) is 4.42 Å². The molecular weight excluding hydrogens is 334 g/mol. The molecule has 0 aliphatic heterocycles. The second-order valence-electron chi connectivity index (χ2n) is 6.22. The Bertz CT molecular complexity index is 880. The van der Waals surface area contributed by atoms with Crippen LogP contribution in [0.25, 0.3) is 10.1 Å². The maximum atomic E-state index is 10.6. The van der Waals surface area contributed by atoms with Crippen molar-refractivity contribution in [1.82, 2.24) is 10.6 Å². The van der Waals surface area contributed by atoms with Gasteiger partial charge in [0.25, 0.3) is 0 Å². The van der Waals surface area contributed by atoms with Crippen LogP contribution in [0.15, 0.2) is 51.2 Å². The summed E-state index contributed by atoms with van der Waals surface area (Å²) in [5.74, 6) is 1.96. The van der Waals surface area contributed by atoms with Crippen molar-refractivity contribution in [1.29, 1.82) is 0 Å². The van der Waals surface area contributed by atoms with Crippen LogP contribution in [0.4, 0.5) is 0 Å². The number of guanidine groups is 1. The molecule has 0 radical (unpaired) electrons. The van der Waals surface area contributed by atoms with Crippen molar-refractivity contribution in [2.24, 2.45) is 4.99 Å². The third-order valence-corrected chi connectivity index (χ3v) is 5.11. The standard InChI is InChI=1S/C19H23N3O2S/c1-13-8-9-17(24-13)19(2,23)12-22-18(20-3)21-10-14-11-25-16-7-5-4-6-15(14)16/h4-9,11,23H,10,12H2,1-3H3,(H2,20,21,22). The highest BCUT2D eigenvalue weighted by Crippen LogP contribution is 2.25. The van der Waals surface area contributed by atoms with Gasteiger partial charge in [0.15, 0.2) is 5.96 Å². The van der Waals surface area contributed by atoms with E-state index >= 15 is 0 Å². The first-order valence-corrected chi connectivity index (χ1v) is 9.06. The molecule has 0 spiro atoms. The Hall–Kier alpha value is -2.31. The lowest BCUT2D eigenvalue weighted by molar-refractivity contribution is 0.0378. The van der Waals surface area contributed by atoms with Crippen LogP contribution in [-0.4, -0.2) is 24.7 Å². The molecule has 0 aliphatic rings. The van der Waals surface area contributed by atoms with E-state index in [0.717, 1.165) is 5.76 Å². The lowest BCUT2D eigenvalue weighted by atomic mass is 10.0. The molecule has 0 amide bonds. The Kier molecular flexibility index (Phi) is 5.11. The van der Waals surface area contributed by atoms with Gasteiger partial charge in [0.05, 0.1) is 6.54 Å². The highest BCUT2D eigenvalue weighted by Gasteiger charge is 2.27. The molecule has 1 atom stereocenters. The molecule has 0 bridgehead atoms. The van der Waals surface area contributed by atoms with Crippen LogP contribution >= 0.6 is 11.3 Å². The molecule has 2 heterocycles. The highest BCUT2D eigenvalue weighted by molar-refractivity contribution is 7.17. The van der Waals surface area contributed by atoms with Crippen molar-refractivity contribution in [3.05, 3.63) is 58.9 Å². The first-order valence-electron chi connectivity index (χ1n) is 8.18. The van der Waals surface area contributed by atoms with E-state index in [0.29, 0.717) is 24.8 Å². The summed E-state index contributed by atoms with van der Waals surface area (Å²) < 4.78 is 6.81. The van der Waals surface area contributed by atoms with Crippen molar-refractivity contribution in [2.45, 2.75) is 26.0 Å². The van der Waals surface area contributed by atoms with E-state index in [2.05, 4.69) is 39.2 Å². The van der Waals surface area contributed by atoms with Crippen molar-refractivity contribution >= 4 is 27.4 Å². The third kappa shape index (κ3) is 4.03. The average Bonchev–Trinajstić information content (AvgIpc) is 3.22. The number of hydrogen-bond acceptors (Lipinski definition) is 4. The summed E-state index contributed by atoms with van der Waals surface area (Å²) in [6, 6.07) is 12.0. The topological polar surface area (TPSA) is 69.8 Å². The van der Waals surface area contributed by atoms with E-state index in [-0.39, 0.29) is 0 Å². The maximum absolute atomic E-state index is 10.6. The van der Waals surface area contributed by atoms with Gasteiger partial charge in [0, 0.05) is 18.3 Å². The van der Waals surface area contributed by atoms with E-state index < -0.39 is 5.60 Å². The largest absolute Gasteiger partial charge is 0.463 e. The highest BCUT2D eigenvalue weighted by atomic mass is 32.1. The zero-order valence-corrected chi connectivity index (χ0v) is 15.5. The molecule has 0 aliphatic carbocycles. The minimum atomic E-state index is -1.11. The van der Waals surface area contributed by atoms with Crippen LogP contribution < -0.4 is 10.6 Å². The number of benzene rings is 1. The first kappa shape index (κ1) is 17.5.